The van der Waals surface area contributed by atoms with Crippen LogP contribution in [0.25, 0.3) is 0 Å². The Morgan fingerprint density at radius 3 is 2.32 bits per heavy atom. The number of aliphatic hydroxyl groups is 1. The first-order chi connectivity index (χ1) is 16.3. The van der Waals surface area contributed by atoms with Gasteiger partial charge in [-0.25, -0.2) is 4.79 Å². The number of fused-ring (bicyclic) bond motifs is 1. The highest BCUT2D eigenvalue weighted by Crippen LogP contribution is 2.54. The van der Waals surface area contributed by atoms with Crippen LogP contribution in [0.4, 0.5) is 4.79 Å². The van der Waals surface area contributed by atoms with Gasteiger partial charge in [-0.2, -0.15) is 4.90 Å². The predicted molar refractivity (Wildman–Crippen MR) is 111 cm³/mol. The highest BCUT2D eigenvalue weighted by Gasteiger charge is 2.63. The maximum Gasteiger partial charge on any atom is 0.421 e. The Bertz CT molecular complexity index is 1030. The van der Waals surface area contributed by atoms with Crippen LogP contribution >= 0.6 is 0 Å². The Morgan fingerprint density at radius 1 is 1.00 bits per heavy atom. The number of rotatable bonds is 10. The van der Waals surface area contributed by atoms with Gasteiger partial charge < -0.3 is 24.4 Å². The summed E-state index contributed by atoms with van der Waals surface area (Å²) >= 11 is 0. The third kappa shape index (κ3) is 4.15. The molecule has 1 saturated heterocycles. The molecule has 1 unspecified atom stereocenters. The summed E-state index contributed by atoms with van der Waals surface area (Å²) in [5, 5.41) is 18.0. The van der Waals surface area contributed by atoms with Crippen LogP contribution in [-0.2, 0) is 19.1 Å². The number of ether oxygens (including phenoxy) is 3. The van der Waals surface area contributed by atoms with E-state index in [-0.39, 0.29) is 61.2 Å². The van der Waals surface area contributed by atoms with Crippen molar-refractivity contribution in [3.8, 4) is 5.75 Å². The van der Waals surface area contributed by atoms with Gasteiger partial charge in [0.2, 0.25) is 5.91 Å². The summed E-state index contributed by atoms with van der Waals surface area (Å²) in [5.74, 6) is -3.29. The van der Waals surface area contributed by atoms with E-state index >= 15 is 0 Å². The maximum atomic E-state index is 13.3. The molecule has 1 aromatic carbocycles. The smallest absolute Gasteiger partial charge is 0.421 e. The molecule has 1 aromatic rings. The molecule has 0 bridgehead atoms. The zero-order valence-corrected chi connectivity index (χ0v) is 18.2. The average molecular weight is 476 g/mol. The van der Waals surface area contributed by atoms with Crippen molar-refractivity contribution in [3.05, 3.63) is 29.3 Å². The first-order valence-electron chi connectivity index (χ1n) is 10.8. The molecule has 182 valence electrons. The van der Waals surface area contributed by atoms with Crippen molar-refractivity contribution < 1.29 is 48.4 Å². The summed E-state index contributed by atoms with van der Waals surface area (Å²) in [7, 11) is 0. The van der Waals surface area contributed by atoms with Gasteiger partial charge in [0.15, 0.2) is 0 Å². The van der Waals surface area contributed by atoms with Gasteiger partial charge in [-0.1, -0.05) is 6.07 Å². The van der Waals surface area contributed by atoms with Crippen molar-refractivity contribution in [2.75, 3.05) is 39.6 Å². The summed E-state index contributed by atoms with van der Waals surface area (Å²) < 4.78 is 16.0. The molecule has 12 heteroatoms. The third-order valence-corrected chi connectivity index (χ3v) is 6.10. The van der Waals surface area contributed by atoms with Crippen molar-refractivity contribution in [2.24, 2.45) is 5.41 Å². The predicted octanol–water partition coefficient (Wildman–Crippen LogP) is 0.273. The fourth-order valence-corrected chi connectivity index (χ4v) is 4.26. The Labute approximate surface area is 194 Å². The first-order valence-corrected chi connectivity index (χ1v) is 10.8. The molecule has 34 heavy (non-hydrogen) atoms. The zero-order chi connectivity index (χ0) is 24.5. The number of hydrogen-bond acceptors (Lipinski definition) is 9. The van der Waals surface area contributed by atoms with Crippen LogP contribution in [0.15, 0.2) is 18.2 Å². The van der Waals surface area contributed by atoms with Crippen LogP contribution in [-0.4, -0.2) is 95.4 Å². The van der Waals surface area contributed by atoms with Gasteiger partial charge in [0, 0.05) is 0 Å². The van der Waals surface area contributed by atoms with Gasteiger partial charge in [0.1, 0.15) is 18.4 Å². The summed E-state index contributed by atoms with van der Waals surface area (Å²) in [4.78, 5) is 64.1. The molecule has 2 fully saturated rings. The molecule has 2 aliphatic heterocycles. The van der Waals surface area contributed by atoms with E-state index in [1.165, 1.54) is 18.2 Å². The molecule has 5 amide bonds. The lowest BCUT2D eigenvalue weighted by atomic mass is 9.89. The van der Waals surface area contributed by atoms with Gasteiger partial charge >= 0.3 is 6.09 Å². The van der Waals surface area contributed by atoms with E-state index in [0.717, 1.165) is 4.90 Å². The van der Waals surface area contributed by atoms with Crippen molar-refractivity contribution in [1.82, 2.24) is 9.80 Å². The van der Waals surface area contributed by atoms with Gasteiger partial charge in [-0.05, 0) is 31.4 Å². The second-order valence-corrected chi connectivity index (χ2v) is 8.22. The lowest BCUT2D eigenvalue weighted by Crippen LogP contribution is -2.60. The molecule has 3 aliphatic rings. The number of aliphatic hydroxyl groups excluding tert-OH is 1. The highest BCUT2D eigenvalue weighted by atomic mass is 16.5. The summed E-state index contributed by atoms with van der Waals surface area (Å²) in [6.45, 7) is 0.972. The largest absolute Gasteiger partial charge is 0.490 e. The van der Waals surface area contributed by atoms with E-state index < -0.39 is 41.2 Å². The Morgan fingerprint density at radius 2 is 1.68 bits per heavy atom. The van der Waals surface area contributed by atoms with Gasteiger partial charge in [0.25, 0.3) is 17.7 Å². The third-order valence-electron chi connectivity index (χ3n) is 6.10. The standard InChI is InChI=1S/C22H24N2O10/c25-6-7-32-8-9-33-10-11-34-15-3-1-2-13-16(15)19(28)23(17(13)26)14-12-22(4-5-22)20(29)24(18(14)27)21(30)31/h1-3,14,25H,4-12H2,(H,30,31). The molecule has 1 atom stereocenters. The number of nitrogens with zero attached hydrogens (tertiary/aromatic N) is 2. The molecule has 2 heterocycles. The number of piperidine rings is 1. The van der Waals surface area contributed by atoms with Crippen molar-refractivity contribution in [3.63, 3.8) is 0 Å². The average Bonchev–Trinajstić information content (AvgIpc) is 3.54. The highest BCUT2D eigenvalue weighted by molar-refractivity contribution is 6.25. The van der Waals surface area contributed by atoms with E-state index in [4.69, 9.17) is 19.3 Å². The van der Waals surface area contributed by atoms with E-state index in [1.807, 2.05) is 0 Å². The zero-order valence-electron chi connectivity index (χ0n) is 18.2. The number of carbonyl (C=O) groups is 5. The fourth-order valence-electron chi connectivity index (χ4n) is 4.26. The first kappa shape index (κ1) is 23.8. The summed E-state index contributed by atoms with van der Waals surface area (Å²) in [5.41, 5.74) is -1.02. The number of hydrogen-bond donors (Lipinski definition) is 2. The molecule has 12 nitrogen and oxygen atoms in total. The lowest BCUT2D eigenvalue weighted by Gasteiger charge is -2.36. The number of imide groups is 4. The molecule has 0 aromatic heterocycles. The van der Waals surface area contributed by atoms with Crippen LogP contribution in [0.3, 0.4) is 0 Å². The van der Waals surface area contributed by atoms with Crippen molar-refractivity contribution >= 4 is 29.7 Å². The van der Waals surface area contributed by atoms with Crippen LogP contribution in [0.2, 0.25) is 0 Å². The number of carbonyl (C=O) groups excluding carboxylic acids is 4. The minimum Gasteiger partial charge on any atom is -0.490 e. The molecule has 2 N–H and O–H groups in total. The normalized spacial score (nSPS) is 20.8. The van der Waals surface area contributed by atoms with E-state index in [0.29, 0.717) is 19.4 Å². The summed E-state index contributed by atoms with van der Waals surface area (Å²) in [6.07, 6.45) is -1.04. The number of likely N-dealkylation sites (tertiary alicyclic amines) is 1. The molecular formula is C22H24N2O10. The Balaban J connectivity index is 1.47. The van der Waals surface area contributed by atoms with Crippen LogP contribution < -0.4 is 4.74 Å². The maximum absolute atomic E-state index is 13.3. The van der Waals surface area contributed by atoms with Crippen molar-refractivity contribution in [2.45, 2.75) is 25.3 Å². The summed E-state index contributed by atoms with van der Waals surface area (Å²) in [6, 6.07) is 3.08. The van der Waals surface area contributed by atoms with Gasteiger partial charge in [-0.15, -0.1) is 0 Å². The molecule has 1 aliphatic carbocycles. The number of amides is 5. The quantitative estimate of drug-likeness (QED) is 0.354. The van der Waals surface area contributed by atoms with Crippen LogP contribution in [0, 0.1) is 5.41 Å². The van der Waals surface area contributed by atoms with Gasteiger partial charge in [0.05, 0.1) is 49.6 Å². The van der Waals surface area contributed by atoms with Gasteiger partial charge in [-0.3, -0.25) is 24.1 Å². The number of carboxylic acid groups (broad SMARTS) is 1. The lowest BCUT2D eigenvalue weighted by molar-refractivity contribution is -0.153. The van der Waals surface area contributed by atoms with E-state index in [2.05, 4.69) is 0 Å². The van der Waals surface area contributed by atoms with E-state index in [1.54, 1.807) is 0 Å². The SMILES string of the molecule is O=C(O)N1C(=O)C(N2C(=O)c3cccc(OCCOCCOCCO)c3C2=O)CC2(CC2)C1=O. The molecule has 1 spiro atoms. The molecule has 0 radical (unpaired) electrons. The molecule has 4 rings (SSSR count). The monoisotopic (exact) mass is 476 g/mol. The second kappa shape index (κ2) is 9.49. The Kier molecular flexibility index (Phi) is 6.64. The van der Waals surface area contributed by atoms with E-state index in [9.17, 15) is 29.1 Å². The van der Waals surface area contributed by atoms with Crippen LogP contribution in [0.1, 0.15) is 40.0 Å². The molecule has 1 saturated carbocycles. The van der Waals surface area contributed by atoms with Crippen molar-refractivity contribution in [1.29, 1.82) is 0 Å². The minimum absolute atomic E-state index is 0.0183. The Hall–Kier alpha value is -3.35. The number of benzene rings is 1. The second-order valence-electron chi connectivity index (χ2n) is 8.22. The molecular weight excluding hydrogens is 452 g/mol. The minimum atomic E-state index is -1.73. The topological polar surface area (TPSA) is 160 Å². The fraction of sp³-hybridized carbons (Fsp3) is 0.500. The van der Waals surface area contributed by atoms with Crippen LogP contribution in [0.5, 0.6) is 5.75 Å².